The first-order valence-electron chi connectivity index (χ1n) is 6.99. The van der Waals surface area contributed by atoms with E-state index in [-0.39, 0.29) is 42.2 Å². The summed E-state index contributed by atoms with van der Waals surface area (Å²) in [6.45, 7) is 7.31. The van der Waals surface area contributed by atoms with Gasteiger partial charge in [-0.05, 0) is 18.8 Å². The summed E-state index contributed by atoms with van der Waals surface area (Å²) in [6, 6.07) is 0. The van der Waals surface area contributed by atoms with Gasteiger partial charge in [-0.1, -0.05) is 27.7 Å². The predicted octanol–water partition coefficient (Wildman–Crippen LogP) is 2.70. The highest BCUT2D eigenvalue weighted by molar-refractivity contribution is 5.94. The van der Waals surface area contributed by atoms with Crippen LogP contribution in [0.4, 0.5) is 0 Å². The van der Waals surface area contributed by atoms with E-state index in [9.17, 15) is 14.4 Å². The lowest BCUT2D eigenvalue weighted by atomic mass is 9.59. The molecule has 1 rings (SSSR count). The lowest BCUT2D eigenvalue weighted by Gasteiger charge is -2.42. The minimum atomic E-state index is -0.908. The Labute approximate surface area is 114 Å². The summed E-state index contributed by atoms with van der Waals surface area (Å²) < 4.78 is 0. The predicted molar refractivity (Wildman–Crippen MR) is 71.7 cm³/mol. The van der Waals surface area contributed by atoms with Gasteiger partial charge in [0.2, 0.25) is 0 Å². The molecular weight excluding hydrogens is 244 g/mol. The van der Waals surface area contributed by atoms with Crippen LogP contribution in [0.3, 0.4) is 0 Å². The largest absolute Gasteiger partial charge is 0.481 e. The number of hydrogen-bond donors (Lipinski definition) is 1. The van der Waals surface area contributed by atoms with Crippen LogP contribution in [0.15, 0.2) is 0 Å². The summed E-state index contributed by atoms with van der Waals surface area (Å²) in [7, 11) is 0. The molecule has 0 aromatic carbocycles. The molecule has 1 aliphatic carbocycles. The Kier molecular flexibility index (Phi) is 4.88. The van der Waals surface area contributed by atoms with E-state index in [1.807, 2.05) is 20.8 Å². The second kappa shape index (κ2) is 5.85. The highest BCUT2D eigenvalue weighted by atomic mass is 16.4. The van der Waals surface area contributed by atoms with Gasteiger partial charge >= 0.3 is 5.97 Å². The molecule has 0 heterocycles. The number of carbonyl (C=O) groups is 3. The topological polar surface area (TPSA) is 71.4 Å². The number of ketones is 2. The maximum atomic E-state index is 12.5. The molecule has 1 N–H and O–H groups in total. The van der Waals surface area contributed by atoms with Crippen molar-refractivity contribution in [3.05, 3.63) is 0 Å². The zero-order chi connectivity index (χ0) is 14.8. The van der Waals surface area contributed by atoms with E-state index >= 15 is 0 Å². The molecule has 0 bridgehead atoms. The first kappa shape index (κ1) is 15.9. The van der Waals surface area contributed by atoms with E-state index in [0.29, 0.717) is 12.8 Å². The monoisotopic (exact) mass is 268 g/mol. The van der Waals surface area contributed by atoms with Gasteiger partial charge in [-0.2, -0.15) is 0 Å². The summed E-state index contributed by atoms with van der Waals surface area (Å²) in [5, 5.41) is 8.97. The molecule has 108 valence electrons. The average molecular weight is 268 g/mol. The highest BCUT2D eigenvalue weighted by Crippen LogP contribution is 2.46. The summed E-state index contributed by atoms with van der Waals surface area (Å²) >= 11 is 0. The molecule has 0 amide bonds. The molecular formula is C15H24O4. The molecule has 0 spiro atoms. The zero-order valence-corrected chi connectivity index (χ0v) is 12.2. The van der Waals surface area contributed by atoms with Crippen LogP contribution >= 0.6 is 0 Å². The molecule has 0 unspecified atom stereocenters. The van der Waals surface area contributed by atoms with Crippen LogP contribution < -0.4 is 0 Å². The molecule has 3 atom stereocenters. The van der Waals surface area contributed by atoms with Crippen molar-refractivity contribution in [1.82, 2.24) is 0 Å². The van der Waals surface area contributed by atoms with E-state index in [1.54, 1.807) is 6.92 Å². The van der Waals surface area contributed by atoms with Crippen molar-refractivity contribution in [2.24, 2.45) is 23.2 Å². The Hall–Kier alpha value is -1.19. The van der Waals surface area contributed by atoms with E-state index in [1.165, 1.54) is 0 Å². The van der Waals surface area contributed by atoms with Crippen LogP contribution in [0.5, 0.6) is 0 Å². The molecule has 4 nitrogen and oxygen atoms in total. The number of aliphatic carboxylic acids is 1. The Morgan fingerprint density at radius 1 is 1.37 bits per heavy atom. The molecule has 1 fully saturated rings. The van der Waals surface area contributed by atoms with Gasteiger partial charge in [0, 0.05) is 30.1 Å². The second-order valence-electron chi connectivity index (χ2n) is 6.26. The van der Waals surface area contributed by atoms with Gasteiger partial charge in [-0.15, -0.1) is 0 Å². The minimum absolute atomic E-state index is 0.00915. The fraction of sp³-hybridized carbons (Fsp3) is 0.800. The number of hydrogen-bond acceptors (Lipinski definition) is 3. The first-order valence-corrected chi connectivity index (χ1v) is 6.99. The quantitative estimate of drug-likeness (QED) is 0.832. The smallest absolute Gasteiger partial charge is 0.303 e. The van der Waals surface area contributed by atoms with Crippen molar-refractivity contribution in [1.29, 1.82) is 0 Å². The van der Waals surface area contributed by atoms with Crippen LogP contribution in [0.1, 0.15) is 53.4 Å². The fourth-order valence-electron chi connectivity index (χ4n) is 3.11. The van der Waals surface area contributed by atoms with Crippen LogP contribution in [-0.4, -0.2) is 22.6 Å². The van der Waals surface area contributed by atoms with Gasteiger partial charge in [0.05, 0.1) is 0 Å². The normalized spacial score (nSPS) is 29.3. The van der Waals surface area contributed by atoms with Crippen molar-refractivity contribution in [3.63, 3.8) is 0 Å². The van der Waals surface area contributed by atoms with Crippen LogP contribution in [0.2, 0.25) is 0 Å². The first-order chi connectivity index (χ1) is 8.70. The third kappa shape index (κ3) is 3.23. The Morgan fingerprint density at radius 3 is 2.37 bits per heavy atom. The van der Waals surface area contributed by atoms with Crippen LogP contribution in [-0.2, 0) is 14.4 Å². The zero-order valence-electron chi connectivity index (χ0n) is 12.2. The van der Waals surface area contributed by atoms with Crippen molar-refractivity contribution >= 4 is 17.5 Å². The van der Waals surface area contributed by atoms with Crippen molar-refractivity contribution in [3.8, 4) is 0 Å². The van der Waals surface area contributed by atoms with Crippen molar-refractivity contribution < 1.29 is 19.5 Å². The third-order valence-electron chi connectivity index (χ3n) is 4.50. The Balaban J connectivity index is 3.07. The second-order valence-corrected chi connectivity index (χ2v) is 6.26. The van der Waals surface area contributed by atoms with Crippen molar-refractivity contribution in [2.45, 2.75) is 53.4 Å². The van der Waals surface area contributed by atoms with E-state index in [0.717, 1.165) is 0 Å². The van der Waals surface area contributed by atoms with Gasteiger partial charge in [-0.3, -0.25) is 14.4 Å². The molecule has 0 radical (unpaired) electrons. The van der Waals surface area contributed by atoms with Crippen LogP contribution in [0, 0.1) is 23.2 Å². The van der Waals surface area contributed by atoms with Crippen molar-refractivity contribution in [2.75, 3.05) is 0 Å². The fourth-order valence-corrected chi connectivity index (χ4v) is 3.11. The van der Waals surface area contributed by atoms with Gasteiger partial charge in [0.25, 0.3) is 0 Å². The van der Waals surface area contributed by atoms with E-state index in [2.05, 4.69) is 0 Å². The summed E-state index contributed by atoms with van der Waals surface area (Å²) in [5.41, 5.74) is -0.768. The summed E-state index contributed by atoms with van der Waals surface area (Å²) in [5.74, 6) is -1.24. The number of Topliss-reactive ketones (excluding diaryl/α,β-unsaturated/α-hetero) is 2. The van der Waals surface area contributed by atoms with Crippen LogP contribution in [0.25, 0.3) is 0 Å². The number of rotatable bonds is 5. The lowest BCUT2D eigenvalue weighted by molar-refractivity contribution is -0.149. The minimum Gasteiger partial charge on any atom is -0.481 e. The summed E-state index contributed by atoms with van der Waals surface area (Å²) in [4.78, 5) is 35.5. The Morgan fingerprint density at radius 2 is 1.95 bits per heavy atom. The van der Waals surface area contributed by atoms with E-state index in [4.69, 9.17) is 5.11 Å². The summed E-state index contributed by atoms with van der Waals surface area (Å²) in [6.07, 6.45) is 1.46. The molecule has 1 aliphatic rings. The maximum absolute atomic E-state index is 12.5. The molecule has 0 aromatic rings. The number of carbonyl (C=O) groups excluding carboxylic acids is 2. The van der Waals surface area contributed by atoms with E-state index < -0.39 is 11.4 Å². The highest BCUT2D eigenvalue weighted by Gasteiger charge is 2.48. The molecule has 0 aliphatic heterocycles. The van der Waals surface area contributed by atoms with Gasteiger partial charge in [0.15, 0.2) is 0 Å². The molecule has 4 heteroatoms. The standard InChI is InChI=1S/C15H24O4/c1-9(2)14(19)15(11(4)7-13(17)18)6-5-10(3)12(16)8-15/h9-11H,5-8H2,1-4H3,(H,17,18)/t10-,11-,15+/m0/s1. The molecule has 0 saturated heterocycles. The Bertz CT molecular complexity index is 386. The maximum Gasteiger partial charge on any atom is 0.303 e. The SMILES string of the molecule is CC(C)C(=O)[C@]1([C@@H](C)CC(=O)O)CC[C@H](C)C(=O)C1. The average Bonchev–Trinajstić information content (AvgIpc) is 2.30. The number of carboxylic acids is 1. The molecule has 19 heavy (non-hydrogen) atoms. The lowest BCUT2D eigenvalue weighted by Crippen LogP contribution is -2.46. The van der Waals surface area contributed by atoms with Gasteiger partial charge in [-0.25, -0.2) is 0 Å². The van der Waals surface area contributed by atoms with Gasteiger partial charge < -0.3 is 5.11 Å². The third-order valence-corrected chi connectivity index (χ3v) is 4.50. The number of carboxylic acid groups (broad SMARTS) is 1. The molecule has 1 saturated carbocycles. The molecule has 0 aromatic heterocycles. The van der Waals surface area contributed by atoms with Gasteiger partial charge in [0.1, 0.15) is 11.6 Å².